The number of carbonyl (C=O) groups excluding carboxylic acids is 2. The summed E-state index contributed by atoms with van der Waals surface area (Å²) in [5, 5.41) is 2.49. The van der Waals surface area contributed by atoms with Crippen LogP contribution >= 0.6 is 0 Å². The molecule has 5 nitrogen and oxygen atoms in total. The molecule has 0 aliphatic rings. The molecule has 0 unspecified atom stereocenters. The summed E-state index contributed by atoms with van der Waals surface area (Å²) in [4.78, 5) is 24.8. The lowest BCUT2D eigenvalue weighted by atomic mass is 10.0. The van der Waals surface area contributed by atoms with Crippen LogP contribution in [0, 0.1) is 11.6 Å². The van der Waals surface area contributed by atoms with Crippen molar-refractivity contribution >= 4 is 11.9 Å². The lowest BCUT2D eigenvalue weighted by Gasteiger charge is -2.23. The van der Waals surface area contributed by atoms with Crippen molar-refractivity contribution in [3.8, 4) is 5.75 Å². The van der Waals surface area contributed by atoms with E-state index in [9.17, 15) is 18.4 Å². The normalized spacial score (nSPS) is 12.2. The first-order valence-corrected chi connectivity index (χ1v) is 9.27. The maximum atomic E-state index is 13.3. The molecule has 0 aliphatic carbocycles. The summed E-state index contributed by atoms with van der Waals surface area (Å²) < 4.78 is 37.2. The van der Waals surface area contributed by atoms with Crippen molar-refractivity contribution in [2.24, 2.45) is 0 Å². The van der Waals surface area contributed by atoms with Gasteiger partial charge in [-0.2, -0.15) is 0 Å². The highest BCUT2D eigenvalue weighted by Gasteiger charge is 2.25. The summed E-state index contributed by atoms with van der Waals surface area (Å²) >= 11 is 0. The Kier molecular flexibility index (Phi) is 7.70. The minimum Gasteiger partial charge on any atom is -0.491 e. The van der Waals surface area contributed by atoms with Gasteiger partial charge in [-0.05, 0) is 32.8 Å². The van der Waals surface area contributed by atoms with Crippen LogP contribution in [0.3, 0.4) is 0 Å². The summed E-state index contributed by atoms with van der Waals surface area (Å²) in [7, 11) is 0. The van der Waals surface area contributed by atoms with Gasteiger partial charge in [-0.3, -0.25) is 4.79 Å². The van der Waals surface area contributed by atoms with Gasteiger partial charge in [-0.25, -0.2) is 13.6 Å². The number of carbonyl (C=O) groups is 2. The highest BCUT2D eigenvalue weighted by Crippen LogP contribution is 2.16. The van der Waals surface area contributed by atoms with E-state index < -0.39 is 29.4 Å². The SMILES string of the molecule is CC(C)(C)OC(=O)N[C@@H](COc1cc(F)cc(F)c1)C(=O)CCc1ccccc1. The van der Waals surface area contributed by atoms with Crippen molar-refractivity contribution < 1.29 is 27.8 Å². The van der Waals surface area contributed by atoms with Crippen LogP contribution < -0.4 is 10.1 Å². The third-order valence-electron chi connectivity index (χ3n) is 3.84. The molecule has 0 heterocycles. The zero-order chi connectivity index (χ0) is 21.4. The molecule has 0 fully saturated rings. The van der Waals surface area contributed by atoms with Crippen molar-refractivity contribution in [3.63, 3.8) is 0 Å². The molecule has 2 rings (SSSR count). The van der Waals surface area contributed by atoms with E-state index in [1.807, 2.05) is 30.3 Å². The molecule has 0 aromatic heterocycles. The second-order valence-corrected chi connectivity index (χ2v) is 7.57. The van der Waals surface area contributed by atoms with Crippen molar-refractivity contribution in [1.82, 2.24) is 5.32 Å². The lowest BCUT2D eigenvalue weighted by Crippen LogP contribution is -2.46. The van der Waals surface area contributed by atoms with Gasteiger partial charge < -0.3 is 14.8 Å². The molecule has 0 saturated heterocycles. The Morgan fingerprint density at radius 2 is 1.66 bits per heavy atom. The Bertz CT molecular complexity index is 814. The van der Waals surface area contributed by atoms with Crippen LogP contribution in [0.5, 0.6) is 5.75 Å². The van der Waals surface area contributed by atoms with Crippen molar-refractivity contribution in [2.45, 2.75) is 45.3 Å². The van der Waals surface area contributed by atoms with E-state index in [1.54, 1.807) is 20.8 Å². The van der Waals surface area contributed by atoms with Gasteiger partial charge in [0, 0.05) is 24.6 Å². The molecule has 0 spiro atoms. The van der Waals surface area contributed by atoms with Crippen LogP contribution in [0.15, 0.2) is 48.5 Å². The van der Waals surface area contributed by atoms with Gasteiger partial charge in [0.15, 0.2) is 5.78 Å². The van der Waals surface area contributed by atoms with Crippen molar-refractivity contribution in [1.29, 1.82) is 0 Å². The molecule has 0 saturated carbocycles. The molecule has 156 valence electrons. The number of hydrogen-bond acceptors (Lipinski definition) is 4. The number of hydrogen-bond donors (Lipinski definition) is 1. The zero-order valence-corrected chi connectivity index (χ0v) is 16.7. The molecule has 7 heteroatoms. The molecule has 2 aromatic carbocycles. The standard InChI is InChI=1S/C22H25F2NO4/c1-22(2,3)29-21(27)25-19(14-28-18-12-16(23)11-17(24)13-18)20(26)10-9-15-7-5-4-6-8-15/h4-8,11-13,19H,9-10,14H2,1-3H3,(H,25,27)/t19-/m0/s1. The smallest absolute Gasteiger partial charge is 0.408 e. The average molecular weight is 405 g/mol. The number of Topliss-reactive ketones (excluding diaryl/α,β-unsaturated/α-hetero) is 1. The zero-order valence-electron chi connectivity index (χ0n) is 16.7. The van der Waals surface area contributed by atoms with E-state index in [4.69, 9.17) is 9.47 Å². The van der Waals surface area contributed by atoms with Crippen LogP contribution in [0.25, 0.3) is 0 Å². The minimum atomic E-state index is -1.03. The van der Waals surface area contributed by atoms with Gasteiger partial charge in [0.2, 0.25) is 0 Å². The van der Waals surface area contributed by atoms with Crippen molar-refractivity contribution in [2.75, 3.05) is 6.61 Å². The number of ether oxygens (including phenoxy) is 2. The van der Waals surface area contributed by atoms with Crippen LogP contribution in [-0.4, -0.2) is 30.1 Å². The fourth-order valence-corrected chi connectivity index (χ4v) is 2.54. The molecule has 1 N–H and O–H groups in total. The monoisotopic (exact) mass is 405 g/mol. The number of rotatable bonds is 8. The molecule has 1 amide bonds. The first kappa shape index (κ1) is 22.3. The fraction of sp³-hybridized carbons (Fsp3) is 0.364. The van der Waals surface area contributed by atoms with Crippen LogP contribution in [0.4, 0.5) is 13.6 Å². The lowest BCUT2D eigenvalue weighted by molar-refractivity contribution is -0.121. The molecule has 0 radical (unpaired) electrons. The summed E-state index contributed by atoms with van der Waals surface area (Å²) in [6, 6.07) is 11.1. The van der Waals surface area contributed by atoms with Gasteiger partial charge in [0.1, 0.15) is 35.6 Å². The molecule has 29 heavy (non-hydrogen) atoms. The van der Waals surface area contributed by atoms with Gasteiger partial charge in [-0.1, -0.05) is 30.3 Å². The predicted octanol–water partition coefficient (Wildman–Crippen LogP) is 4.44. The van der Waals surface area contributed by atoms with E-state index in [1.165, 1.54) is 0 Å². The quantitative estimate of drug-likeness (QED) is 0.705. The Labute approximate surface area is 169 Å². The van der Waals surface area contributed by atoms with Gasteiger partial charge >= 0.3 is 6.09 Å². The van der Waals surface area contributed by atoms with E-state index in [-0.39, 0.29) is 24.6 Å². The molecule has 0 bridgehead atoms. The van der Waals surface area contributed by atoms with E-state index in [0.29, 0.717) is 12.5 Å². The number of nitrogens with one attached hydrogen (secondary N) is 1. The van der Waals surface area contributed by atoms with E-state index >= 15 is 0 Å². The number of halogens is 2. The number of ketones is 1. The maximum Gasteiger partial charge on any atom is 0.408 e. The predicted molar refractivity (Wildman–Crippen MR) is 105 cm³/mol. The van der Waals surface area contributed by atoms with Gasteiger partial charge in [0.25, 0.3) is 0 Å². The summed E-state index contributed by atoms with van der Waals surface area (Å²) in [5.41, 5.74) is 0.235. The Balaban J connectivity index is 2.04. The summed E-state index contributed by atoms with van der Waals surface area (Å²) in [6.45, 7) is 4.82. The average Bonchev–Trinajstić information content (AvgIpc) is 2.61. The molecule has 1 atom stereocenters. The second-order valence-electron chi connectivity index (χ2n) is 7.57. The first-order chi connectivity index (χ1) is 13.6. The largest absolute Gasteiger partial charge is 0.491 e. The minimum absolute atomic E-state index is 0.0747. The maximum absolute atomic E-state index is 13.3. The highest BCUT2D eigenvalue weighted by atomic mass is 19.1. The van der Waals surface area contributed by atoms with E-state index in [2.05, 4.69) is 5.32 Å². The number of amides is 1. The first-order valence-electron chi connectivity index (χ1n) is 9.27. The van der Waals surface area contributed by atoms with Gasteiger partial charge in [0.05, 0.1) is 0 Å². The molecular weight excluding hydrogens is 380 g/mol. The Morgan fingerprint density at radius 3 is 2.24 bits per heavy atom. The van der Waals surface area contributed by atoms with Crippen molar-refractivity contribution in [3.05, 3.63) is 65.7 Å². The van der Waals surface area contributed by atoms with Crippen LogP contribution in [0.2, 0.25) is 0 Å². The summed E-state index contributed by atoms with van der Waals surface area (Å²) in [6.07, 6.45) is -0.129. The van der Waals surface area contributed by atoms with Crippen LogP contribution in [0.1, 0.15) is 32.8 Å². The second kappa shape index (κ2) is 10.0. The highest BCUT2D eigenvalue weighted by molar-refractivity contribution is 5.87. The fourth-order valence-electron chi connectivity index (χ4n) is 2.54. The Hall–Kier alpha value is -2.96. The van der Waals surface area contributed by atoms with Crippen LogP contribution in [-0.2, 0) is 16.0 Å². The van der Waals surface area contributed by atoms with E-state index in [0.717, 1.165) is 17.7 Å². The number of aryl methyl sites for hydroxylation is 1. The Morgan fingerprint density at radius 1 is 1.03 bits per heavy atom. The number of benzene rings is 2. The summed E-state index contributed by atoms with van der Waals surface area (Å²) in [5.74, 6) is -1.95. The topological polar surface area (TPSA) is 64.6 Å². The third-order valence-corrected chi connectivity index (χ3v) is 3.84. The molecular formula is C22H25F2NO4. The third kappa shape index (κ3) is 8.29. The molecule has 2 aromatic rings. The van der Waals surface area contributed by atoms with Gasteiger partial charge in [-0.15, -0.1) is 0 Å². The number of alkyl carbamates (subject to hydrolysis) is 1. The molecule has 0 aliphatic heterocycles.